The summed E-state index contributed by atoms with van der Waals surface area (Å²) in [6.07, 6.45) is 3.39. The normalized spacial score (nSPS) is 29.3. The number of ether oxygens (including phenoxy) is 2. The lowest BCUT2D eigenvalue weighted by Crippen LogP contribution is -2.66. The summed E-state index contributed by atoms with van der Waals surface area (Å²) >= 11 is 0. The molecule has 2 fully saturated rings. The summed E-state index contributed by atoms with van der Waals surface area (Å²) in [4.78, 5) is 24.5. The van der Waals surface area contributed by atoms with Crippen molar-refractivity contribution in [1.29, 1.82) is 0 Å². The molecular formula is C30H52F6O5Si2. The van der Waals surface area contributed by atoms with E-state index in [9.17, 15) is 35.9 Å². The molecule has 252 valence electrons. The van der Waals surface area contributed by atoms with Gasteiger partial charge in [-0.1, -0.05) is 97.3 Å². The van der Waals surface area contributed by atoms with E-state index in [2.05, 4.69) is 0 Å². The Bertz CT molecular complexity index is 880. The van der Waals surface area contributed by atoms with Gasteiger partial charge in [0.25, 0.3) is 0 Å². The zero-order chi connectivity index (χ0) is 32.4. The molecule has 0 radical (unpaired) electrons. The maximum absolute atomic E-state index is 13.7. The van der Waals surface area contributed by atoms with Crippen LogP contribution in [0, 0.1) is 0 Å². The van der Waals surface area contributed by atoms with Gasteiger partial charge in [0.15, 0.2) is 0 Å². The van der Waals surface area contributed by atoms with Crippen LogP contribution in [0.3, 0.4) is 0 Å². The Morgan fingerprint density at radius 3 is 1.47 bits per heavy atom. The Hall–Kier alpha value is -1.09. The Morgan fingerprint density at radius 1 is 0.628 bits per heavy atom. The van der Waals surface area contributed by atoms with E-state index in [0.29, 0.717) is 31.7 Å². The Kier molecular flexibility index (Phi) is 14.6. The van der Waals surface area contributed by atoms with E-state index < -0.39 is 57.4 Å². The molecule has 0 N–H and O–H groups in total. The molecule has 0 aliphatic carbocycles. The number of hydrogen-bond acceptors (Lipinski definition) is 5. The van der Waals surface area contributed by atoms with Crippen LogP contribution in [0.4, 0.5) is 26.3 Å². The molecule has 0 aromatic heterocycles. The first-order valence-electron chi connectivity index (χ1n) is 16.2. The maximum Gasteiger partial charge on any atom is 0.490 e. The fourth-order valence-corrected chi connectivity index (χ4v) is 18.6. The number of carbonyl (C=O) groups is 2. The predicted octanol–water partition coefficient (Wildman–Crippen LogP) is 10.0. The Morgan fingerprint density at radius 2 is 1.00 bits per heavy atom. The Balaban J connectivity index is 2.70. The van der Waals surface area contributed by atoms with Crippen LogP contribution in [0.5, 0.6) is 0 Å². The van der Waals surface area contributed by atoms with Crippen molar-refractivity contribution in [3.63, 3.8) is 0 Å². The average molecular weight is 663 g/mol. The highest BCUT2D eigenvalue weighted by Gasteiger charge is 2.60. The zero-order valence-electron chi connectivity index (χ0n) is 26.4. The van der Waals surface area contributed by atoms with Crippen molar-refractivity contribution >= 4 is 28.6 Å². The quantitative estimate of drug-likeness (QED) is 0.167. The number of esters is 2. The van der Waals surface area contributed by atoms with Crippen molar-refractivity contribution in [2.45, 2.75) is 177 Å². The third-order valence-corrected chi connectivity index (χ3v) is 20.0. The van der Waals surface area contributed by atoms with Gasteiger partial charge in [0.2, 0.25) is 16.6 Å². The number of halogens is 6. The van der Waals surface area contributed by atoms with Crippen LogP contribution >= 0.6 is 0 Å². The molecule has 0 bridgehead atoms. The van der Waals surface area contributed by atoms with Crippen LogP contribution in [0.1, 0.15) is 129 Å². The molecule has 43 heavy (non-hydrogen) atoms. The van der Waals surface area contributed by atoms with Gasteiger partial charge in [-0.05, 0) is 56.3 Å². The zero-order valence-corrected chi connectivity index (χ0v) is 28.4. The van der Waals surface area contributed by atoms with Crippen LogP contribution in [0.2, 0.25) is 24.2 Å². The molecule has 2 saturated heterocycles. The fourth-order valence-electron chi connectivity index (χ4n) is 6.82. The third kappa shape index (κ3) is 11.7. The molecule has 2 heterocycles. The van der Waals surface area contributed by atoms with Gasteiger partial charge in [-0.15, -0.1) is 0 Å². The number of rotatable bonds is 2. The van der Waals surface area contributed by atoms with Gasteiger partial charge in [0.1, 0.15) is 11.5 Å². The van der Waals surface area contributed by atoms with Gasteiger partial charge in [0.05, 0.1) is 0 Å². The van der Waals surface area contributed by atoms with Crippen LogP contribution in [0.25, 0.3) is 0 Å². The second kappa shape index (κ2) is 16.5. The van der Waals surface area contributed by atoms with Crippen LogP contribution < -0.4 is 0 Å². The first-order valence-corrected chi connectivity index (χ1v) is 21.4. The summed E-state index contributed by atoms with van der Waals surface area (Å²) in [6, 6.07) is 0.423. The van der Waals surface area contributed by atoms with E-state index in [1.165, 1.54) is 0 Å². The van der Waals surface area contributed by atoms with Crippen molar-refractivity contribution in [1.82, 2.24) is 0 Å². The molecule has 2 aliphatic heterocycles. The minimum Gasteiger partial charge on any atom is -0.457 e. The van der Waals surface area contributed by atoms with Crippen molar-refractivity contribution in [2.24, 2.45) is 0 Å². The van der Waals surface area contributed by atoms with Gasteiger partial charge < -0.3 is 13.6 Å². The van der Waals surface area contributed by atoms with Crippen LogP contribution in [-0.4, -0.2) is 52.4 Å². The largest absolute Gasteiger partial charge is 0.490 e. The van der Waals surface area contributed by atoms with Gasteiger partial charge in [-0.3, -0.25) is 0 Å². The summed E-state index contributed by atoms with van der Waals surface area (Å²) in [5.41, 5.74) is -2.28. The SMILES string of the molecule is CC1(C)CCCCCCCCCC(OC(=O)C(F)(F)F)[Si](C)(C)O[Si]12CCCCCCCCCCC2OC(=O)C(F)(F)F. The van der Waals surface area contributed by atoms with E-state index in [4.69, 9.17) is 13.6 Å². The van der Waals surface area contributed by atoms with E-state index in [-0.39, 0.29) is 12.8 Å². The van der Waals surface area contributed by atoms with Crippen molar-refractivity contribution in [3.8, 4) is 0 Å². The average Bonchev–Trinajstić information content (AvgIpc) is 2.88. The monoisotopic (exact) mass is 662 g/mol. The maximum atomic E-state index is 13.7. The lowest BCUT2D eigenvalue weighted by atomic mass is 10.0. The van der Waals surface area contributed by atoms with Gasteiger partial charge in [-0.2, -0.15) is 26.3 Å². The van der Waals surface area contributed by atoms with E-state index in [0.717, 1.165) is 77.0 Å². The molecule has 1 spiro atoms. The van der Waals surface area contributed by atoms with Crippen molar-refractivity contribution < 1.29 is 49.5 Å². The van der Waals surface area contributed by atoms with Crippen molar-refractivity contribution in [3.05, 3.63) is 0 Å². The van der Waals surface area contributed by atoms with E-state index >= 15 is 0 Å². The van der Waals surface area contributed by atoms with Gasteiger partial charge in [0, 0.05) is 0 Å². The lowest BCUT2D eigenvalue weighted by Gasteiger charge is -2.53. The fraction of sp³-hybridized carbons (Fsp3) is 0.933. The van der Waals surface area contributed by atoms with Crippen molar-refractivity contribution in [2.75, 3.05) is 0 Å². The van der Waals surface area contributed by atoms with E-state index in [1.54, 1.807) is 13.1 Å². The first kappa shape index (κ1) is 38.1. The molecule has 0 amide bonds. The van der Waals surface area contributed by atoms with E-state index in [1.807, 2.05) is 13.8 Å². The molecular weight excluding hydrogens is 610 g/mol. The predicted molar refractivity (Wildman–Crippen MR) is 158 cm³/mol. The Labute approximate surface area is 255 Å². The lowest BCUT2D eigenvalue weighted by molar-refractivity contribution is -0.203. The summed E-state index contributed by atoms with van der Waals surface area (Å²) in [7, 11) is -6.98. The van der Waals surface area contributed by atoms with Gasteiger partial charge in [-0.25, -0.2) is 9.59 Å². The molecule has 3 atom stereocenters. The number of hydrogen-bond donors (Lipinski definition) is 0. The molecule has 5 nitrogen and oxygen atoms in total. The van der Waals surface area contributed by atoms with Crippen LogP contribution in [-0.2, 0) is 23.2 Å². The third-order valence-electron chi connectivity index (χ3n) is 9.38. The molecule has 2 rings (SSSR count). The number of carbonyl (C=O) groups excluding carboxylic acids is 2. The molecule has 3 unspecified atom stereocenters. The highest BCUT2D eigenvalue weighted by Crippen LogP contribution is 2.51. The standard InChI is InChI=1S/C30H52F6O5Si2/c1-28(2)22-18-14-10-7-9-12-16-20-24(39-26(37)29(31,32)33)42(3,4)41-43(28)23-19-15-11-6-5-8-13-17-21-25(43)40-27(38)30(34,35)36/h24-25H,5-23H2,1-4H3. The smallest absolute Gasteiger partial charge is 0.457 e. The minimum absolute atomic E-state index is 0.180. The minimum atomic E-state index is -5.19. The number of alkyl halides is 6. The highest BCUT2D eigenvalue weighted by atomic mass is 28.4. The second-order valence-corrected chi connectivity index (χ2v) is 22.6. The van der Waals surface area contributed by atoms with Crippen LogP contribution in [0.15, 0.2) is 0 Å². The highest BCUT2D eigenvalue weighted by molar-refractivity contribution is 6.89. The topological polar surface area (TPSA) is 61.8 Å². The summed E-state index contributed by atoms with van der Waals surface area (Å²) in [6.45, 7) is 7.37. The molecule has 0 aromatic rings. The second-order valence-electron chi connectivity index (χ2n) is 13.6. The summed E-state index contributed by atoms with van der Waals surface area (Å²) < 4.78 is 98.9. The molecule has 13 heteroatoms. The summed E-state index contributed by atoms with van der Waals surface area (Å²) in [5, 5.41) is -0.666. The first-order chi connectivity index (χ1) is 19.9. The molecule has 0 aromatic carbocycles. The molecule has 0 saturated carbocycles. The van der Waals surface area contributed by atoms with Gasteiger partial charge >= 0.3 is 24.3 Å². The summed E-state index contributed by atoms with van der Waals surface area (Å²) in [5.74, 6) is -4.54. The molecule has 2 aliphatic rings.